The van der Waals surface area contributed by atoms with Gasteiger partial charge in [-0.2, -0.15) is 0 Å². The summed E-state index contributed by atoms with van der Waals surface area (Å²) in [4.78, 5) is 0. The summed E-state index contributed by atoms with van der Waals surface area (Å²) in [6, 6.07) is 0. The minimum Gasteiger partial charge on any atom is -0.306 e. The molecule has 3 heteroatoms. The van der Waals surface area contributed by atoms with E-state index < -0.39 is 6.43 Å². The topological polar surface area (TPSA) is 12.0 Å². The van der Waals surface area contributed by atoms with E-state index in [0.29, 0.717) is 0 Å². The van der Waals surface area contributed by atoms with Gasteiger partial charge < -0.3 is 5.32 Å². The van der Waals surface area contributed by atoms with Gasteiger partial charge in [0.1, 0.15) is 0 Å². The lowest BCUT2D eigenvalue weighted by atomic mass is 9.99. The molecule has 0 aromatic carbocycles. The van der Waals surface area contributed by atoms with Gasteiger partial charge in [-0.1, -0.05) is 13.3 Å². The fourth-order valence-corrected chi connectivity index (χ4v) is 1.07. The van der Waals surface area contributed by atoms with Crippen molar-refractivity contribution in [1.29, 1.82) is 0 Å². The summed E-state index contributed by atoms with van der Waals surface area (Å²) in [6.07, 6.45) is -0.297. The lowest BCUT2D eigenvalue weighted by molar-refractivity contribution is 0.132. The van der Waals surface area contributed by atoms with E-state index in [1.54, 1.807) is 0 Å². The van der Waals surface area contributed by atoms with E-state index in [0.717, 1.165) is 12.8 Å². The molecule has 0 radical (unpaired) electrons. The van der Waals surface area contributed by atoms with Crippen LogP contribution in [-0.2, 0) is 0 Å². The van der Waals surface area contributed by atoms with Crippen LogP contribution in [0.5, 0.6) is 0 Å². The lowest BCUT2D eigenvalue weighted by Gasteiger charge is -2.25. The average Bonchev–Trinajstić information content (AvgIpc) is 1.84. The first-order chi connectivity index (χ1) is 4.98. The number of alkyl halides is 2. The van der Waals surface area contributed by atoms with Gasteiger partial charge in [0.05, 0.1) is 6.54 Å². The zero-order chi connectivity index (χ0) is 8.91. The van der Waals surface area contributed by atoms with E-state index >= 15 is 0 Å². The van der Waals surface area contributed by atoms with Crippen molar-refractivity contribution in [2.45, 2.75) is 45.6 Å². The standard InChI is InChI=1S/C8H17F2N/c1-4-5-8(2,3)11-6-7(9)10/h7,11H,4-6H2,1-3H3. The Morgan fingerprint density at radius 3 is 2.27 bits per heavy atom. The first kappa shape index (κ1) is 10.8. The SMILES string of the molecule is CCCC(C)(C)NCC(F)F. The summed E-state index contributed by atoms with van der Waals surface area (Å²) in [5.41, 5.74) is -0.148. The third-order valence-electron chi connectivity index (χ3n) is 1.61. The number of hydrogen-bond donors (Lipinski definition) is 1. The third kappa shape index (κ3) is 6.23. The largest absolute Gasteiger partial charge is 0.306 e. The van der Waals surface area contributed by atoms with Crippen LogP contribution in [0.2, 0.25) is 0 Å². The molecule has 0 aromatic rings. The van der Waals surface area contributed by atoms with Crippen molar-refractivity contribution in [2.24, 2.45) is 0 Å². The first-order valence-electron chi connectivity index (χ1n) is 4.01. The highest BCUT2D eigenvalue weighted by Crippen LogP contribution is 2.10. The number of hydrogen-bond acceptors (Lipinski definition) is 1. The minimum absolute atomic E-state index is 0.148. The lowest BCUT2D eigenvalue weighted by Crippen LogP contribution is -2.41. The Bertz CT molecular complexity index is 102. The van der Waals surface area contributed by atoms with E-state index in [-0.39, 0.29) is 12.1 Å². The van der Waals surface area contributed by atoms with E-state index in [2.05, 4.69) is 5.32 Å². The van der Waals surface area contributed by atoms with Crippen LogP contribution in [0.4, 0.5) is 8.78 Å². The molecule has 68 valence electrons. The van der Waals surface area contributed by atoms with Crippen molar-refractivity contribution >= 4 is 0 Å². The Kier molecular flexibility index (Phi) is 4.57. The molecule has 0 aliphatic heterocycles. The molecule has 0 aliphatic rings. The zero-order valence-electron chi connectivity index (χ0n) is 7.45. The van der Waals surface area contributed by atoms with Crippen LogP contribution in [0.25, 0.3) is 0 Å². The third-order valence-corrected chi connectivity index (χ3v) is 1.61. The highest BCUT2D eigenvalue weighted by Gasteiger charge is 2.16. The highest BCUT2D eigenvalue weighted by atomic mass is 19.3. The second kappa shape index (κ2) is 4.65. The van der Waals surface area contributed by atoms with Gasteiger partial charge in [0, 0.05) is 5.54 Å². The van der Waals surface area contributed by atoms with Gasteiger partial charge in [-0.3, -0.25) is 0 Å². The van der Waals surface area contributed by atoms with Gasteiger partial charge in [-0.05, 0) is 20.3 Å². The van der Waals surface area contributed by atoms with Crippen LogP contribution >= 0.6 is 0 Å². The molecule has 0 atom stereocenters. The van der Waals surface area contributed by atoms with Gasteiger partial charge in [0.25, 0.3) is 6.43 Å². The predicted molar refractivity (Wildman–Crippen MR) is 43.0 cm³/mol. The first-order valence-corrected chi connectivity index (χ1v) is 4.01. The molecule has 1 nitrogen and oxygen atoms in total. The fourth-order valence-electron chi connectivity index (χ4n) is 1.07. The summed E-state index contributed by atoms with van der Waals surface area (Å²) >= 11 is 0. The van der Waals surface area contributed by atoms with E-state index in [1.165, 1.54) is 0 Å². The molecular formula is C8H17F2N. The molecule has 1 N–H and O–H groups in total. The van der Waals surface area contributed by atoms with Crippen LogP contribution < -0.4 is 5.32 Å². The number of halogens is 2. The van der Waals surface area contributed by atoms with Gasteiger partial charge in [0.2, 0.25) is 0 Å². The maximum Gasteiger partial charge on any atom is 0.250 e. The van der Waals surface area contributed by atoms with Crippen LogP contribution in [0, 0.1) is 0 Å². The van der Waals surface area contributed by atoms with Gasteiger partial charge in [-0.15, -0.1) is 0 Å². The van der Waals surface area contributed by atoms with Crippen molar-refractivity contribution < 1.29 is 8.78 Å². The molecule has 0 heterocycles. The molecule has 0 fully saturated rings. The molecule has 0 bridgehead atoms. The normalized spacial score (nSPS) is 12.5. The van der Waals surface area contributed by atoms with Crippen molar-refractivity contribution in [3.8, 4) is 0 Å². The second-order valence-electron chi connectivity index (χ2n) is 3.41. The summed E-state index contributed by atoms with van der Waals surface area (Å²) in [5.74, 6) is 0. The molecule has 0 rings (SSSR count). The van der Waals surface area contributed by atoms with Crippen LogP contribution in [-0.4, -0.2) is 18.5 Å². The molecule has 11 heavy (non-hydrogen) atoms. The smallest absolute Gasteiger partial charge is 0.250 e. The molecule has 0 amide bonds. The van der Waals surface area contributed by atoms with Crippen molar-refractivity contribution in [3.05, 3.63) is 0 Å². The van der Waals surface area contributed by atoms with E-state index in [4.69, 9.17) is 0 Å². The van der Waals surface area contributed by atoms with Crippen LogP contribution in [0.15, 0.2) is 0 Å². The quantitative estimate of drug-likeness (QED) is 0.659. The molecule has 0 aliphatic carbocycles. The Hall–Kier alpha value is -0.180. The van der Waals surface area contributed by atoms with Crippen molar-refractivity contribution in [3.63, 3.8) is 0 Å². The minimum atomic E-state index is -2.24. The van der Waals surface area contributed by atoms with Gasteiger partial charge >= 0.3 is 0 Å². The fraction of sp³-hybridized carbons (Fsp3) is 1.00. The Morgan fingerprint density at radius 2 is 1.91 bits per heavy atom. The summed E-state index contributed by atoms with van der Waals surface area (Å²) in [7, 11) is 0. The second-order valence-corrected chi connectivity index (χ2v) is 3.41. The Labute approximate surface area is 67.2 Å². The molecule has 0 aromatic heterocycles. The summed E-state index contributed by atoms with van der Waals surface area (Å²) in [5, 5.41) is 2.81. The maximum absolute atomic E-state index is 11.7. The summed E-state index contributed by atoms with van der Waals surface area (Å²) in [6.45, 7) is 5.73. The monoisotopic (exact) mass is 165 g/mol. The van der Waals surface area contributed by atoms with E-state index in [9.17, 15) is 8.78 Å². The molecule has 0 saturated heterocycles. The molecule has 0 unspecified atom stereocenters. The predicted octanol–water partition coefficient (Wildman–Crippen LogP) is 2.42. The zero-order valence-corrected chi connectivity index (χ0v) is 7.45. The molecule has 0 saturated carbocycles. The maximum atomic E-state index is 11.7. The molecular weight excluding hydrogens is 148 g/mol. The van der Waals surface area contributed by atoms with Crippen LogP contribution in [0.3, 0.4) is 0 Å². The average molecular weight is 165 g/mol. The Balaban J connectivity index is 3.54. The van der Waals surface area contributed by atoms with Crippen molar-refractivity contribution in [1.82, 2.24) is 5.32 Å². The number of rotatable bonds is 5. The number of nitrogens with one attached hydrogen (secondary N) is 1. The van der Waals surface area contributed by atoms with Crippen molar-refractivity contribution in [2.75, 3.05) is 6.54 Å². The van der Waals surface area contributed by atoms with Crippen LogP contribution in [0.1, 0.15) is 33.6 Å². The van der Waals surface area contributed by atoms with Gasteiger partial charge in [0.15, 0.2) is 0 Å². The summed E-state index contributed by atoms with van der Waals surface area (Å²) < 4.78 is 23.5. The highest BCUT2D eigenvalue weighted by molar-refractivity contribution is 4.76. The Morgan fingerprint density at radius 1 is 1.36 bits per heavy atom. The van der Waals surface area contributed by atoms with E-state index in [1.807, 2.05) is 20.8 Å². The van der Waals surface area contributed by atoms with Gasteiger partial charge in [-0.25, -0.2) is 8.78 Å². The molecule has 0 spiro atoms.